The number of pyridine rings is 1. The first-order valence-corrected chi connectivity index (χ1v) is 20.2. The fourth-order valence-electron chi connectivity index (χ4n) is 9.07. The van der Waals surface area contributed by atoms with Gasteiger partial charge >= 0.3 is 0 Å². The van der Waals surface area contributed by atoms with E-state index in [0.29, 0.717) is 0 Å². The predicted octanol–water partition coefficient (Wildman–Crippen LogP) is 15.0. The Morgan fingerprint density at radius 1 is 0.421 bits per heavy atom. The molecule has 11 aromatic rings. The number of rotatable bonds is 4. The number of thiophene rings is 1. The van der Waals surface area contributed by atoms with Crippen LogP contribution in [0, 0.1) is 0 Å². The zero-order chi connectivity index (χ0) is 37.5. The van der Waals surface area contributed by atoms with Gasteiger partial charge in [-0.05, 0) is 77.4 Å². The summed E-state index contributed by atoms with van der Waals surface area (Å²) in [6, 6.07) is 72.7. The molecule has 0 aliphatic carbocycles. The second-order valence-electron chi connectivity index (χ2n) is 14.7. The van der Waals surface area contributed by atoms with Crippen molar-refractivity contribution in [3.63, 3.8) is 0 Å². The van der Waals surface area contributed by atoms with Gasteiger partial charge in [-0.1, -0.05) is 140 Å². The maximum absolute atomic E-state index is 5.19. The van der Waals surface area contributed by atoms with Crippen LogP contribution in [0.1, 0.15) is 0 Å². The molecule has 0 amide bonds. The molecule has 1 aliphatic heterocycles. The van der Waals surface area contributed by atoms with Crippen LogP contribution >= 0.6 is 11.3 Å². The van der Waals surface area contributed by atoms with E-state index in [1.54, 1.807) is 0 Å². The third-order valence-electron chi connectivity index (χ3n) is 11.5. The summed E-state index contributed by atoms with van der Waals surface area (Å²) in [6.45, 7) is 0. The largest absolute Gasteiger partial charge is 0.309 e. The van der Waals surface area contributed by atoms with E-state index < -0.39 is 0 Å². The Bertz CT molecular complexity index is 3370. The van der Waals surface area contributed by atoms with E-state index in [1.807, 2.05) is 11.3 Å². The highest BCUT2D eigenvalue weighted by molar-refractivity contribution is 7.26. The van der Waals surface area contributed by atoms with E-state index in [-0.39, 0.29) is 0 Å². The minimum atomic E-state index is 1.02. The Morgan fingerprint density at radius 2 is 1.04 bits per heavy atom. The first kappa shape index (κ1) is 32.0. The average Bonchev–Trinajstić information content (AvgIpc) is 3.78. The molecule has 0 fully saturated rings. The van der Waals surface area contributed by atoms with Crippen molar-refractivity contribution in [1.29, 1.82) is 0 Å². The lowest BCUT2D eigenvalue weighted by Gasteiger charge is -2.28. The standard InChI is InChI=1S/C53H33N3S/c1-2-19-37(20-3-1)56-46-29-11-6-24-41(46)50-40-23-5-10-28-45(40)55(47-30-12-7-25-42(47)52(50)56)38-21-15-17-35(33-38)34-16-14-18-36(32-34)49-39-22-4-9-27-44(39)54-51-43-26-8-13-31-48(43)57-53(49)51/h1-33H. The number of anilines is 3. The van der Waals surface area contributed by atoms with Gasteiger partial charge in [0.25, 0.3) is 0 Å². The molecule has 4 heteroatoms. The molecule has 0 saturated carbocycles. The van der Waals surface area contributed by atoms with Crippen molar-refractivity contribution in [2.24, 2.45) is 0 Å². The lowest BCUT2D eigenvalue weighted by atomic mass is 9.95. The van der Waals surface area contributed by atoms with E-state index in [4.69, 9.17) is 4.98 Å². The van der Waals surface area contributed by atoms with Gasteiger partial charge in [-0.3, -0.25) is 0 Å². The van der Waals surface area contributed by atoms with Crippen LogP contribution in [0.5, 0.6) is 0 Å². The summed E-state index contributed by atoms with van der Waals surface area (Å²) < 4.78 is 4.93. The lowest BCUT2D eigenvalue weighted by molar-refractivity contribution is 1.13. The second kappa shape index (κ2) is 12.6. The van der Waals surface area contributed by atoms with Crippen molar-refractivity contribution in [3.8, 4) is 50.3 Å². The number of hydrogen-bond acceptors (Lipinski definition) is 3. The van der Waals surface area contributed by atoms with Crippen molar-refractivity contribution in [3.05, 3.63) is 200 Å². The highest BCUT2D eigenvalue weighted by Crippen LogP contribution is 2.54. The minimum absolute atomic E-state index is 1.02. The highest BCUT2D eigenvalue weighted by Gasteiger charge is 2.31. The first-order chi connectivity index (χ1) is 28.3. The number of para-hydroxylation sites is 5. The van der Waals surface area contributed by atoms with Crippen LogP contribution in [0.2, 0.25) is 0 Å². The van der Waals surface area contributed by atoms with Crippen molar-refractivity contribution in [2.75, 3.05) is 4.90 Å². The van der Waals surface area contributed by atoms with Crippen LogP contribution in [0.15, 0.2) is 200 Å². The average molecular weight is 744 g/mol. The summed E-state index contributed by atoms with van der Waals surface area (Å²) in [7, 11) is 0. The Labute approximate surface area is 334 Å². The molecule has 0 saturated heterocycles. The van der Waals surface area contributed by atoms with Gasteiger partial charge in [-0.25, -0.2) is 4.98 Å². The molecule has 3 aromatic heterocycles. The number of fused-ring (bicyclic) bond motifs is 11. The molecule has 0 N–H and O–H groups in total. The molecular weight excluding hydrogens is 711 g/mol. The predicted molar refractivity (Wildman–Crippen MR) is 241 cm³/mol. The highest BCUT2D eigenvalue weighted by atomic mass is 32.1. The minimum Gasteiger partial charge on any atom is -0.309 e. The van der Waals surface area contributed by atoms with E-state index >= 15 is 0 Å². The van der Waals surface area contributed by atoms with Crippen LogP contribution < -0.4 is 4.90 Å². The van der Waals surface area contributed by atoms with E-state index in [0.717, 1.165) is 39.3 Å². The maximum atomic E-state index is 5.19. The van der Waals surface area contributed by atoms with Crippen molar-refractivity contribution in [2.45, 2.75) is 0 Å². The van der Waals surface area contributed by atoms with Gasteiger partial charge < -0.3 is 9.47 Å². The summed E-state index contributed by atoms with van der Waals surface area (Å²) in [4.78, 5) is 7.65. The second-order valence-corrected chi connectivity index (χ2v) is 15.7. The third kappa shape index (κ3) is 4.88. The molecular formula is C53H33N3S. The van der Waals surface area contributed by atoms with E-state index in [1.165, 1.54) is 70.1 Å². The fourth-order valence-corrected chi connectivity index (χ4v) is 10.3. The molecule has 4 heterocycles. The SMILES string of the molecule is c1ccc(-n2c3c(c4ccccc42)-c2ccccc2N(c2cccc(-c4cccc(-c5c6ccccc6nc6c5sc5ccccc56)c4)c2)c2ccccc2-3)cc1. The van der Waals surface area contributed by atoms with Crippen LogP contribution in [0.3, 0.4) is 0 Å². The van der Waals surface area contributed by atoms with Crippen molar-refractivity contribution in [1.82, 2.24) is 9.55 Å². The van der Waals surface area contributed by atoms with Gasteiger partial charge in [0.05, 0.1) is 38.3 Å². The maximum Gasteiger partial charge on any atom is 0.0902 e. The normalized spacial score (nSPS) is 12.2. The first-order valence-electron chi connectivity index (χ1n) is 19.4. The quantitative estimate of drug-likeness (QED) is 0.179. The molecule has 0 unspecified atom stereocenters. The molecule has 0 bridgehead atoms. The molecule has 57 heavy (non-hydrogen) atoms. The van der Waals surface area contributed by atoms with E-state index in [9.17, 15) is 0 Å². The summed E-state index contributed by atoms with van der Waals surface area (Å²) in [5.74, 6) is 0. The lowest BCUT2D eigenvalue weighted by Crippen LogP contribution is -2.11. The van der Waals surface area contributed by atoms with Gasteiger partial charge in [0, 0.05) is 54.5 Å². The zero-order valence-electron chi connectivity index (χ0n) is 30.8. The van der Waals surface area contributed by atoms with Gasteiger partial charge in [0.15, 0.2) is 0 Å². The van der Waals surface area contributed by atoms with Crippen LogP contribution in [-0.4, -0.2) is 9.55 Å². The summed E-state index contributed by atoms with van der Waals surface area (Å²) >= 11 is 1.83. The van der Waals surface area contributed by atoms with Gasteiger partial charge in [-0.15, -0.1) is 11.3 Å². The Morgan fingerprint density at radius 3 is 1.89 bits per heavy atom. The summed E-state index contributed by atoms with van der Waals surface area (Å²) in [5, 5.41) is 3.62. The van der Waals surface area contributed by atoms with Crippen LogP contribution in [-0.2, 0) is 0 Å². The van der Waals surface area contributed by atoms with Crippen LogP contribution in [0.25, 0.3) is 92.4 Å². The molecule has 0 atom stereocenters. The number of benzene rings is 8. The molecule has 266 valence electrons. The Hall–Kier alpha value is -7.27. The molecule has 1 aliphatic rings. The monoisotopic (exact) mass is 743 g/mol. The fraction of sp³-hybridized carbons (Fsp3) is 0. The Kier molecular flexibility index (Phi) is 7.10. The molecule has 0 spiro atoms. The number of nitrogens with zero attached hydrogens (tertiary/aromatic N) is 3. The summed E-state index contributed by atoms with van der Waals surface area (Å²) in [6.07, 6.45) is 0. The van der Waals surface area contributed by atoms with Crippen molar-refractivity contribution < 1.29 is 0 Å². The van der Waals surface area contributed by atoms with E-state index in [2.05, 4.69) is 210 Å². The Balaban J connectivity index is 1.06. The molecule has 3 nitrogen and oxygen atoms in total. The van der Waals surface area contributed by atoms with Gasteiger partial charge in [-0.2, -0.15) is 0 Å². The number of hydrogen-bond donors (Lipinski definition) is 0. The number of aromatic nitrogens is 2. The van der Waals surface area contributed by atoms with Crippen LogP contribution in [0.4, 0.5) is 17.1 Å². The van der Waals surface area contributed by atoms with Crippen molar-refractivity contribution >= 4 is 70.5 Å². The van der Waals surface area contributed by atoms with Gasteiger partial charge in [0.2, 0.25) is 0 Å². The summed E-state index contributed by atoms with van der Waals surface area (Å²) in [5.41, 5.74) is 17.5. The molecule has 0 radical (unpaired) electrons. The smallest absolute Gasteiger partial charge is 0.0902 e. The van der Waals surface area contributed by atoms with Gasteiger partial charge in [0.1, 0.15) is 0 Å². The molecule has 8 aromatic carbocycles. The molecule has 12 rings (SSSR count). The topological polar surface area (TPSA) is 21.1 Å². The zero-order valence-corrected chi connectivity index (χ0v) is 31.6. The third-order valence-corrected chi connectivity index (χ3v) is 12.7.